The number of furan rings is 5. The number of phenolic OH excluding ortho intramolecular Hbond substituents is 2. The predicted molar refractivity (Wildman–Crippen MR) is 266 cm³/mol. The first-order valence-electron chi connectivity index (χ1n) is 20.6. The summed E-state index contributed by atoms with van der Waals surface area (Å²) in [6, 6.07) is 49.8. The van der Waals surface area contributed by atoms with Crippen molar-refractivity contribution in [3.05, 3.63) is 204 Å². The van der Waals surface area contributed by atoms with Crippen molar-refractivity contribution in [1.82, 2.24) is 0 Å². The molecule has 6 aromatic carbocycles. The number of rotatable bonds is 8. The average Bonchev–Trinajstić information content (AvgIpc) is 4.22. The van der Waals surface area contributed by atoms with E-state index in [2.05, 4.69) is 31.9 Å². The number of benzene rings is 6. The minimum Gasteiger partial charge on any atom is -0.508 e. The molecule has 0 atom stereocenters. The molecule has 0 aliphatic heterocycles. The molecule has 0 saturated heterocycles. The van der Waals surface area contributed by atoms with Gasteiger partial charge < -0.3 is 32.3 Å². The minimum atomic E-state index is -0.318. The Labute approximate surface area is 403 Å². The lowest BCUT2D eigenvalue weighted by atomic mass is 10.2. The standard InChI is InChI=1S/C17H10O4.2C10H7BrO2.C10H8O2.C7H6O2/c18-12-5-6-14-11(7-12)9-16(21-14)17(19)15-8-10-3-1-2-4-13(10)20-15;2*11-6-8(12)10-5-7-3-1-2-4-9(7)13-10;1-7(11)10-6-8-4-2-3-5-9(8)12-10;8-5-6-3-1-2-4-7(6)9/h1-9,18H;2*1-5H,6H2;2-6H,1H3;1-5,9H. The molecule has 5 aromatic heterocycles. The number of aldehydes is 1. The normalized spacial score (nSPS) is 10.5. The van der Waals surface area contributed by atoms with Gasteiger partial charge in [-0.05, 0) is 84.9 Å². The topological polar surface area (TPSA) is 192 Å². The molecular formula is C54H38Br2O12. The van der Waals surface area contributed by atoms with Gasteiger partial charge in [0.25, 0.3) is 5.78 Å². The molecule has 2 N–H and O–H groups in total. The van der Waals surface area contributed by atoms with E-state index in [1.165, 1.54) is 19.1 Å². The van der Waals surface area contributed by atoms with Crippen LogP contribution in [0.4, 0.5) is 0 Å². The summed E-state index contributed by atoms with van der Waals surface area (Å²) in [4.78, 5) is 55.9. The minimum absolute atomic E-state index is 0.0313. The molecule has 12 nitrogen and oxygen atoms in total. The summed E-state index contributed by atoms with van der Waals surface area (Å²) in [5.74, 6) is 1.43. The number of hydrogen-bond donors (Lipinski definition) is 2. The first-order valence-corrected chi connectivity index (χ1v) is 22.8. The molecule has 5 heterocycles. The fraction of sp³-hybridized carbons (Fsp3) is 0.0556. The van der Waals surface area contributed by atoms with E-state index >= 15 is 0 Å². The quantitative estimate of drug-likeness (QED) is 0.0833. The molecule has 0 fully saturated rings. The predicted octanol–water partition coefficient (Wildman–Crippen LogP) is 14.0. The van der Waals surface area contributed by atoms with Gasteiger partial charge in [0.2, 0.25) is 11.6 Å². The van der Waals surface area contributed by atoms with Gasteiger partial charge in [-0.1, -0.05) is 117 Å². The third-order valence-electron chi connectivity index (χ3n) is 9.85. The zero-order valence-electron chi connectivity index (χ0n) is 35.9. The number of alkyl halides is 2. The van der Waals surface area contributed by atoms with Crippen molar-refractivity contribution in [2.24, 2.45) is 0 Å². The van der Waals surface area contributed by atoms with Crippen LogP contribution in [-0.2, 0) is 0 Å². The number of carbonyl (C=O) groups is 5. The summed E-state index contributed by atoms with van der Waals surface area (Å²) in [5.41, 5.74) is 3.82. The molecule has 14 heteroatoms. The van der Waals surface area contributed by atoms with Crippen LogP contribution in [0.15, 0.2) is 192 Å². The van der Waals surface area contributed by atoms with Crippen LogP contribution in [0.3, 0.4) is 0 Å². The van der Waals surface area contributed by atoms with E-state index in [1.54, 1.807) is 60.7 Å². The highest BCUT2D eigenvalue weighted by molar-refractivity contribution is 9.09. The van der Waals surface area contributed by atoms with Crippen molar-refractivity contribution in [2.45, 2.75) is 6.92 Å². The third-order valence-corrected chi connectivity index (χ3v) is 10.9. The van der Waals surface area contributed by atoms with Crippen LogP contribution in [0.1, 0.15) is 65.3 Å². The van der Waals surface area contributed by atoms with Gasteiger partial charge in [0, 0.05) is 33.9 Å². The van der Waals surface area contributed by atoms with Crippen molar-refractivity contribution < 1.29 is 56.3 Å². The third kappa shape index (κ3) is 11.8. The molecule has 0 unspecified atom stereocenters. The Morgan fingerprint density at radius 1 is 0.441 bits per heavy atom. The number of Topliss-reactive ketones (excluding diaryl/α,β-unsaturated/α-hetero) is 3. The lowest BCUT2D eigenvalue weighted by molar-refractivity contribution is 0.0981. The molecule has 0 saturated carbocycles. The van der Waals surface area contributed by atoms with E-state index < -0.39 is 0 Å². The van der Waals surface area contributed by atoms with Gasteiger partial charge in [0.05, 0.1) is 16.2 Å². The van der Waals surface area contributed by atoms with Gasteiger partial charge in [-0.25, -0.2) is 0 Å². The number of phenols is 2. The summed E-state index contributed by atoms with van der Waals surface area (Å²) < 4.78 is 27.0. The van der Waals surface area contributed by atoms with E-state index in [-0.39, 0.29) is 46.2 Å². The van der Waals surface area contributed by atoms with Crippen LogP contribution in [-0.4, -0.2) is 50.3 Å². The number of fused-ring (bicyclic) bond motifs is 5. The van der Waals surface area contributed by atoms with Crippen LogP contribution in [0.2, 0.25) is 0 Å². The van der Waals surface area contributed by atoms with Crippen molar-refractivity contribution in [3.63, 3.8) is 0 Å². The maximum Gasteiger partial charge on any atom is 0.263 e. The molecule has 0 aliphatic carbocycles. The molecule has 11 aromatic rings. The lowest BCUT2D eigenvalue weighted by Crippen LogP contribution is -1.96. The van der Waals surface area contributed by atoms with E-state index in [0.29, 0.717) is 56.3 Å². The molecule has 0 spiro atoms. The maximum absolute atomic E-state index is 12.4. The zero-order valence-corrected chi connectivity index (χ0v) is 39.1. The molecular weight excluding hydrogens is 1000 g/mol. The Bertz CT molecular complexity index is 3330. The molecule has 0 amide bonds. The summed E-state index contributed by atoms with van der Waals surface area (Å²) in [6.07, 6.45) is 0.620. The second-order valence-corrected chi connectivity index (χ2v) is 15.7. The number of halogens is 2. The second kappa shape index (κ2) is 22.4. The Balaban J connectivity index is 0.000000130. The van der Waals surface area contributed by atoms with Crippen molar-refractivity contribution in [2.75, 3.05) is 10.7 Å². The largest absolute Gasteiger partial charge is 0.508 e. The van der Waals surface area contributed by atoms with Gasteiger partial charge in [-0.3, -0.25) is 24.0 Å². The summed E-state index contributed by atoms with van der Waals surface area (Å²) in [5, 5.41) is 23.4. The second-order valence-electron chi connectivity index (χ2n) is 14.6. The number of carbonyl (C=O) groups excluding carboxylic acids is 5. The number of hydrogen-bond acceptors (Lipinski definition) is 12. The van der Waals surface area contributed by atoms with E-state index in [0.717, 1.165) is 38.3 Å². The first-order chi connectivity index (χ1) is 32.9. The first kappa shape index (κ1) is 47.9. The molecule has 11 rings (SSSR count). The van der Waals surface area contributed by atoms with Gasteiger partial charge in [-0.15, -0.1) is 0 Å². The Kier molecular flexibility index (Phi) is 15.8. The van der Waals surface area contributed by atoms with E-state index in [1.807, 2.05) is 97.1 Å². The number of aromatic hydroxyl groups is 2. The van der Waals surface area contributed by atoms with Crippen LogP contribution in [0.5, 0.6) is 11.5 Å². The number of ketones is 4. The number of para-hydroxylation sites is 5. The van der Waals surface area contributed by atoms with Gasteiger partial charge in [0.15, 0.2) is 40.9 Å². The van der Waals surface area contributed by atoms with E-state index in [4.69, 9.17) is 27.2 Å². The highest BCUT2D eigenvalue weighted by Crippen LogP contribution is 2.28. The summed E-state index contributed by atoms with van der Waals surface area (Å²) in [7, 11) is 0. The van der Waals surface area contributed by atoms with Crippen molar-refractivity contribution in [1.29, 1.82) is 0 Å². The SMILES string of the molecule is CC(=O)c1cc2ccccc2o1.O=C(CBr)c1cc2ccccc2o1.O=C(CBr)c1cc2ccccc2o1.O=C(c1cc2ccccc2o1)c1cc2cc(O)ccc2o1.O=Cc1ccccc1O. The van der Waals surface area contributed by atoms with Crippen molar-refractivity contribution >= 4 is 116 Å². The van der Waals surface area contributed by atoms with Crippen LogP contribution in [0.25, 0.3) is 54.8 Å². The molecule has 0 aliphatic rings. The summed E-state index contributed by atoms with van der Waals surface area (Å²) in [6.45, 7) is 1.50. The molecule has 68 heavy (non-hydrogen) atoms. The van der Waals surface area contributed by atoms with Crippen LogP contribution >= 0.6 is 31.9 Å². The fourth-order valence-corrected chi connectivity index (χ4v) is 7.02. The van der Waals surface area contributed by atoms with Gasteiger partial charge in [0.1, 0.15) is 39.4 Å². The monoisotopic (exact) mass is 1040 g/mol. The van der Waals surface area contributed by atoms with E-state index in [9.17, 15) is 29.1 Å². The molecule has 0 radical (unpaired) electrons. The zero-order chi connectivity index (χ0) is 48.2. The maximum atomic E-state index is 12.4. The van der Waals surface area contributed by atoms with Crippen LogP contribution < -0.4 is 0 Å². The Morgan fingerprint density at radius 3 is 1.19 bits per heavy atom. The fourth-order valence-electron chi connectivity index (χ4n) is 6.47. The molecule has 340 valence electrons. The average molecular weight is 1040 g/mol. The smallest absolute Gasteiger partial charge is 0.263 e. The Hall–Kier alpha value is -8.07. The summed E-state index contributed by atoms with van der Waals surface area (Å²) >= 11 is 6.20. The van der Waals surface area contributed by atoms with Crippen molar-refractivity contribution in [3.8, 4) is 11.5 Å². The Morgan fingerprint density at radius 2 is 0.794 bits per heavy atom. The van der Waals surface area contributed by atoms with Crippen LogP contribution in [0, 0.1) is 0 Å². The lowest BCUT2D eigenvalue weighted by Gasteiger charge is -1.91. The van der Waals surface area contributed by atoms with Gasteiger partial charge in [-0.2, -0.15) is 0 Å². The highest BCUT2D eigenvalue weighted by Gasteiger charge is 2.19. The highest BCUT2D eigenvalue weighted by atomic mass is 79.9. The molecule has 0 bridgehead atoms. The van der Waals surface area contributed by atoms with Gasteiger partial charge >= 0.3 is 0 Å².